The fraction of sp³-hybridized carbons (Fsp3) is 0.333. The molecule has 9 nitrogen and oxygen atoms in total. The summed E-state index contributed by atoms with van der Waals surface area (Å²) in [5, 5.41) is 3.40. The summed E-state index contributed by atoms with van der Waals surface area (Å²) in [6.45, 7) is 2.31. The average molecular weight is 370 g/mol. The third-order valence-corrected chi connectivity index (χ3v) is 4.82. The topological polar surface area (TPSA) is 101 Å². The number of cyclic esters (lactones) is 1. The minimum Gasteiger partial charge on any atom is -0.442 e. The van der Waals surface area contributed by atoms with Crippen LogP contribution in [0.5, 0.6) is 0 Å². The lowest BCUT2D eigenvalue weighted by Crippen LogP contribution is -2.34. The second-order valence-electron chi connectivity index (χ2n) is 6.53. The minimum absolute atomic E-state index is 0.103. The van der Waals surface area contributed by atoms with Crippen molar-refractivity contribution in [1.29, 1.82) is 0 Å². The molecule has 140 valence electrons. The van der Waals surface area contributed by atoms with Gasteiger partial charge in [0.1, 0.15) is 11.8 Å². The van der Waals surface area contributed by atoms with E-state index in [0.717, 1.165) is 4.90 Å². The van der Waals surface area contributed by atoms with Crippen LogP contribution in [-0.2, 0) is 9.53 Å². The van der Waals surface area contributed by atoms with Crippen LogP contribution < -0.4 is 10.2 Å². The first kappa shape index (κ1) is 17.1. The van der Waals surface area contributed by atoms with Gasteiger partial charge in [-0.2, -0.15) is 0 Å². The van der Waals surface area contributed by atoms with Gasteiger partial charge in [0.25, 0.3) is 5.91 Å². The van der Waals surface area contributed by atoms with E-state index in [-0.39, 0.29) is 18.4 Å². The van der Waals surface area contributed by atoms with Gasteiger partial charge in [-0.1, -0.05) is 6.92 Å². The van der Waals surface area contributed by atoms with Crippen molar-refractivity contribution in [3.8, 4) is 0 Å². The van der Waals surface area contributed by atoms with Crippen LogP contribution in [0.4, 0.5) is 15.3 Å². The van der Waals surface area contributed by atoms with Crippen LogP contribution in [0.25, 0.3) is 10.9 Å². The zero-order chi connectivity index (χ0) is 19.3. The Morgan fingerprint density at radius 2 is 2.04 bits per heavy atom. The lowest BCUT2D eigenvalue weighted by molar-refractivity contribution is -0.121. The first-order valence-corrected chi connectivity index (χ1v) is 8.63. The largest absolute Gasteiger partial charge is 0.442 e. The summed E-state index contributed by atoms with van der Waals surface area (Å²) in [4.78, 5) is 50.4. The molecule has 1 saturated heterocycles. The Hall–Kier alpha value is -3.36. The second kappa shape index (κ2) is 6.11. The predicted octanol–water partition coefficient (Wildman–Crippen LogP) is 1.55. The number of hydrogen-bond acceptors (Lipinski definition) is 5. The van der Waals surface area contributed by atoms with Crippen LogP contribution in [0.15, 0.2) is 24.3 Å². The zero-order valence-corrected chi connectivity index (χ0v) is 14.9. The molecule has 4 rings (SSSR count). The average Bonchev–Trinajstić information content (AvgIpc) is 3.29. The van der Waals surface area contributed by atoms with Gasteiger partial charge in [-0.25, -0.2) is 9.59 Å². The molecule has 4 amide bonds. The maximum atomic E-state index is 12.2. The van der Waals surface area contributed by atoms with Crippen LogP contribution >= 0.6 is 0 Å². The molecule has 1 fully saturated rings. The molecule has 1 unspecified atom stereocenters. The van der Waals surface area contributed by atoms with E-state index in [0.29, 0.717) is 35.2 Å². The number of anilines is 1. The molecule has 0 bridgehead atoms. The van der Waals surface area contributed by atoms with E-state index in [4.69, 9.17) is 4.74 Å². The normalized spacial score (nSPS) is 19.0. The maximum Gasteiger partial charge on any atom is 0.414 e. The number of benzene rings is 1. The van der Waals surface area contributed by atoms with E-state index in [2.05, 4.69) is 5.32 Å². The summed E-state index contributed by atoms with van der Waals surface area (Å²) in [5.41, 5.74) is 1.52. The van der Waals surface area contributed by atoms with Crippen molar-refractivity contribution in [2.45, 2.75) is 19.4 Å². The third kappa shape index (κ3) is 2.62. The van der Waals surface area contributed by atoms with Crippen molar-refractivity contribution in [2.75, 3.05) is 25.0 Å². The van der Waals surface area contributed by atoms with Gasteiger partial charge >= 0.3 is 12.1 Å². The molecule has 1 N–H and O–H groups in total. The molecule has 9 heteroatoms. The van der Waals surface area contributed by atoms with E-state index in [1.165, 1.54) is 16.5 Å². The summed E-state index contributed by atoms with van der Waals surface area (Å²) in [7, 11) is 1.44. The summed E-state index contributed by atoms with van der Waals surface area (Å²) >= 11 is 0. The van der Waals surface area contributed by atoms with Gasteiger partial charge in [0.2, 0.25) is 5.91 Å². The van der Waals surface area contributed by atoms with Gasteiger partial charge in [0.05, 0.1) is 18.6 Å². The summed E-state index contributed by atoms with van der Waals surface area (Å²) < 4.78 is 6.66. The van der Waals surface area contributed by atoms with E-state index in [1.807, 2.05) is 0 Å². The third-order valence-electron chi connectivity index (χ3n) is 4.82. The number of imide groups is 1. The van der Waals surface area contributed by atoms with Crippen LogP contribution in [0.1, 0.15) is 23.8 Å². The maximum absolute atomic E-state index is 12.2. The van der Waals surface area contributed by atoms with Gasteiger partial charge in [0, 0.05) is 24.5 Å². The molecule has 1 aromatic carbocycles. The standard InChI is InChI=1S/C18H18N4O5/c1-3-15(23)19-8-12-9-21(18(26)27-12)11-4-5-13-10(6-11)7-14-16(24)20(2)17(25)22(13)14/h4-7,12H,3,8-9H2,1-2H3,(H,19,23). The molecule has 27 heavy (non-hydrogen) atoms. The van der Waals surface area contributed by atoms with Gasteiger partial charge in [-0.15, -0.1) is 0 Å². The first-order chi connectivity index (χ1) is 12.9. The number of nitrogens with one attached hydrogen (secondary N) is 1. The molecule has 1 atom stereocenters. The van der Waals surface area contributed by atoms with Crippen LogP contribution in [0, 0.1) is 0 Å². The number of nitrogens with zero attached hydrogens (tertiary/aromatic N) is 3. The number of aromatic nitrogens is 1. The second-order valence-corrected chi connectivity index (χ2v) is 6.53. The van der Waals surface area contributed by atoms with Crippen molar-refractivity contribution in [3.05, 3.63) is 30.0 Å². The van der Waals surface area contributed by atoms with Gasteiger partial charge in [0.15, 0.2) is 0 Å². The molecule has 0 saturated carbocycles. The van der Waals surface area contributed by atoms with Crippen molar-refractivity contribution >= 4 is 40.5 Å². The van der Waals surface area contributed by atoms with Crippen molar-refractivity contribution < 1.29 is 23.9 Å². The van der Waals surface area contributed by atoms with E-state index in [9.17, 15) is 19.2 Å². The Balaban J connectivity index is 1.59. The van der Waals surface area contributed by atoms with Crippen LogP contribution in [0.2, 0.25) is 0 Å². The Kier molecular flexibility index (Phi) is 3.87. The smallest absolute Gasteiger partial charge is 0.414 e. The van der Waals surface area contributed by atoms with E-state index < -0.39 is 18.2 Å². The Labute approximate surface area is 154 Å². The van der Waals surface area contributed by atoms with Gasteiger partial charge < -0.3 is 10.1 Å². The molecule has 0 aliphatic carbocycles. The highest BCUT2D eigenvalue weighted by molar-refractivity contribution is 6.16. The number of carbonyl (C=O) groups is 4. The lowest BCUT2D eigenvalue weighted by atomic mass is 10.2. The number of hydrogen-bond donors (Lipinski definition) is 1. The summed E-state index contributed by atoms with van der Waals surface area (Å²) in [6.07, 6.45) is -0.559. The van der Waals surface area contributed by atoms with Crippen LogP contribution in [-0.4, -0.2) is 59.6 Å². The van der Waals surface area contributed by atoms with E-state index >= 15 is 0 Å². The van der Waals surface area contributed by atoms with E-state index in [1.54, 1.807) is 31.2 Å². The van der Waals surface area contributed by atoms with Gasteiger partial charge in [-0.05, 0) is 24.3 Å². The number of ether oxygens (including phenoxy) is 1. The highest BCUT2D eigenvalue weighted by Gasteiger charge is 2.36. The number of rotatable bonds is 4. The fourth-order valence-corrected chi connectivity index (χ4v) is 3.33. The molecule has 2 aromatic rings. The molecule has 2 aliphatic heterocycles. The van der Waals surface area contributed by atoms with Crippen LogP contribution in [0.3, 0.4) is 0 Å². The molecular formula is C18H18N4O5. The highest BCUT2D eigenvalue weighted by atomic mass is 16.6. The Bertz CT molecular complexity index is 995. The number of carbonyl (C=O) groups excluding carboxylic acids is 4. The monoisotopic (exact) mass is 370 g/mol. The van der Waals surface area contributed by atoms with Gasteiger partial charge in [-0.3, -0.25) is 24.0 Å². The Morgan fingerprint density at radius 1 is 1.26 bits per heavy atom. The predicted molar refractivity (Wildman–Crippen MR) is 95.7 cm³/mol. The first-order valence-electron chi connectivity index (χ1n) is 8.63. The summed E-state index contributed by atoms with van der Waals surface area (Å²) in [5.74, 6) is -0.460. The van der Waals surface area contributed by atoms with Crippen molar-refractivity contribution in [2.24, 2.45) is 0 Å². The lowest BCUT2D eigenvalue weighted by Gasteiger charge is -2.14. The minimum atomic E-state index is -0.497. The number of amides is 4. The quantitative estimate of drug-likeness (QED) is 0.880. The van der Waals surface area contributed by atoms with Crippen molar-refractivity contribution in [3.63, 3.8) is 0 Å². The molecular weight excluding hydrogens is 352 g/mol. The van der Waals surface area contributed by atoms with Crippen molar-refractivity contribution in [1.82, 2.24) is 14.8 Å². The molecule has 2 aliphatic rings. The molecule has 1 aromatic heterocycles. The fourth-order valence-electron chi connectivity index (χ4n) is 3.33. The highest BCUT2D eigenvalue weighted by Crippen LogP contribution is 2.31. The zero-order valence-electron chi connectivity index (χ0n) is 14.9. The number of fused-ring (bicyclic) bond motifs is 3. The Morgan fingerprint density at radius 3 is 2.78 bits per heavy atom. The summed E-state index contributed by atoms with van der Waals surface area (Å²) in [6, 6.07) is 6.40. The SMILES string of the molecule is CCC(=O)NCC1CN(c2ccc3c(c2)cc2n3C(=O)N(C)C2=O)C(=O)O1. The molecule has 0 spiro atoms. The molecule has 3 heterocycles. The molecule has 0 radical (unpaired) electrons.